The summed E-state index contributed by atoms with van der Waals surface area (Å²) in [6, 6.07) is 5.93. The van der Waals surface area contributed by atoms with Gasteiger partial charge in [0.2, 0.25) is 0 Å². The predicted octanol–water partition coefficient (Wildman–Crippen LogP) is 1.64. The minimum absolute atomic E-state index is 0.562. The molecule has 2 aromatic rings. The van der Waals surface area contributed by atoms with E-state index in [2.05, 4.69) is 4.98 Å². The minimum atomic E-state index is 0.562. The lowest BCUT2D eigenvalue weighted by atomic mass is 10.2. The van der Waals surface area contributed by atoms with E-state index < -0.39 is 0 Å². The molecule has 0 saturated carbocycles. The third-order valence-corrected chi connectivity index (χ3v) is 2.19. The van der Waals surface area contributed by atoms with Crippen LogP contribution in [0.15, 0.2) is 24.4 Å². The molecule has 3 heteroatoms. The molecule has 0 saturated heterocycles. The highest BCUT2D eigenvalue weighted by Gasteiger charge is 2.02. The van der Waals surface area contributed by atoms with Crippen molar-refractivity contribution in [2.75, 3.05) is 7.11 Å². The van der Waals surface area contributed by atoms with Gasteiger partial charge in [-0.3, -0.25) is 0 Å². The topological polar surface area (TPSA) is 51.0 Å². The third kappa shape index (κ3) is 1.27. The second-order valence-corrected chi connectivity index (χ2v) is 2.93. The van der Waals surface area contributed by atoms with Gasteiger partial charge in [0.1, 0.15) is 5.75 Å². The van der Waals surface area contributed by atoms with Crippen molar-refractivity contribution in [2.24, 2.45) is 5.73 Å². The molecule has 2 rings (SSSR count). The molecule has 0 bridgehead atoms. The molecule has 0 aliphatic carbocycles. The molecule has 1 heterocycles. The molecule has 0 aliphatic heterocycles. The van der Waals surface area contributed by atoms with Gasteiger partial charge in [-0.05, 0) is 17.7 Å². The van der Waals surface area contributed by atoms with Crippen LogP contribution in [0.2, 0.25) is 0 Å². The first-order valence-electron chi connectivity index (χ1n) is 4.19. The summed E-state index contributed by atoms with van der Waals surface area (Å²) in [7, 11) is 1.66. The molecule has 0 atom stereocenters. The Labute approximate surface area is 76.5 Å². The Morgan fingerprint density at radius 3 is 3.00 bits per heavy atom. The van der Waals surface area contributed by atoms with Crippen LogP contribution in [0.25, 0.3) is 10.9 Å². The van der Waals surface area contributed by atoms with E-state index in [-0.39, 0.29) is 0 Å². The van der Waals surface area contributed by atoms with E-state index in [1.165, 1.54) is 5.39 Å². The SMILES string of the molecule is COc1ccc2c(CN)c[nH]c2c1. The fourth-order valence-electron chi connectivity index (χ4n) is 1.46. The van der Waals surface area contributed by atoms with Crippen LogP contribution in [0.5, 0.6) is 5.75 Å². The van der Waals surface area contributed by atoms with Gasteiger partial charge in [0.05, 0.1) is 7.11 Å². The molecule has 1 aromatic heterocycles. The average Bonchev–Trinajstić information content (AvgIpc) is 2.59. The van der Waals surface area contributed by atoms with Crippen LogP contribution in [0.3, 0.4) is 0 Å². The first kappa shape index (κ1) is 8.13. The van der Waals surface area contributed by atoms with Crippen molar-refractivity contribution in [3.8, 4) is 5.75 Å². The van der Waals surface area contributed by atoms with Crippen LogP contribution in [-0.2, 0) is 6.54 Å². The number of rotatable bonds is 2. The second kappa shape index (κ2) is 3.11. The van der Waals surface area contributed by atoms with E-state index in [4.69, 9.17) is 10.5 Å². The summed E-state index contributed by atoms with van der Waals surface area (Å²) in [5, 5.41) is 1.17. The van der Waals surface area contributed by atoms with Crippen molar-refractivity contribution in [2.45, 2.75) is 6.54 Å². The zero-order valence-electron chi connectivity index (χ0n) is 7.50. The van der Waals surface area contributed by atoms with Gasteiger partial charge in [0.15, 0.2) is 0 Å². The van der Waals surface area contributed by atoms with Crippen molar-refractivity contribution in [1.29, 1.82) is 0 Å². The van der Waals surface area contributed by atoms with E-state index >= 15 is 0 Å². The Bertz CT molecular complexity index is 420. The van der Waals surface area contributed by atoms with Crippen molar-refractivity contribution in [3.63, 3.8) is 0 Å². The molecular formula is C10H12N2O. The number of fused-ring (bicyclic) bond motifs is 1. The summed E-state index contributed by atoms with van der Waals surface area (Å²) >= 11 is 0. The standard InChI is InChI=1S/C10H12N2O/c1-13-8-2-3-9-7(5-11)6-12-10(9)4-8/h2-4,6,12H,5,11H2,1H3. The molecule has 0 aliphatic rings. The Morgan fingerprint density at radius 1 is 1.46 bits per heavy atom. The monoisotopic (exact) mass is 176 g/mol. The van der Waals surface area contributed by atoms with Gasteiger partial charge in [0, 0.05) is 29.7 Å². The quantitative estimate of drug-likeness (QED) is 0.730. The highest BCUT2D eigenvalue weighted by atomic mass is 16.5. The molecule has 0 fully saturated rings. The number of methoxy groups -OCH3 is 1. The lowest BCUT2D eigenvalue weighted by Gasteiger charge is -1.99. The normalized spacial score (nSPS) is 10.6. The molecule has 1 aromatic carbocycles. The molecule has 3 nitrogen and oxygen atoms in total. The number of benzene rings is 1. The molecule has 0 spiro atoms. The van der Waals surface area contributed by atoms with E-state index in [0.29, 0.717) is 6.54 Å². The summed E-state index contributed by atoms with van der Waals surface area (Å²) in [5.41, 5.74) is 7.79. The number of nitrogens with two attached hydrogens (primary N) is 1. The van der Waals surface area contributed by atoms with E-state index in [1.54, 1.807) is 7.11 Å². The predicted molar refractivity (Wildman–Crippen MR) is 52.7 cm³/mol. The van der Waals surface area contributed by atoms with E-state index in [9.17, 15) is 0 Å². The number of aromatic amines is 1. The average molecular weight is 176 g/mol. The van der Waals surface area contributed by atoms with Gasteiger partial charge >= 0.3 is 0 Å². The van der Waals surface area contributed by atoms with Gasteiger partial charge in [-0.2, -0.15) is 0 Å². The highest BCUT2D eigenvalue weighted by Crippen LogP contribution is 2.22. The largest absolute Gasteiger partial charge is 0.497 e. The first-order valence-corrected chi connectivity index (χ1v) is 4.19. The first-order chi connectivity index (χ1) is 6.35. The summed E-state index contributed by atoms with van der Waals surface area (Å²) < 4.78 is 5.11. The third-order valence-electron chi connectivity index (χ3n) is 2.19. The molecule has 0 unspecified atom stereocenters. The Morgan fingerprint density at radius 2 is 2.31 bits per heavy atom. The van der Waals surface area contributed by atoms with Crippen molar-refractivity contribution >= 4 is 10.9 Å². The second-order valence-electron chi connectivity index (χ2n) is 2.93. The molecule has 13 heavy (non-hydrogen) atoms. The van der Waals surface area contributed by atoms with Crippen LogP contribution in [0, 0.1) is 0 Å². The molecule has 68 valence electrons. The van der Waals surface area contributed by atoms with Gasteiger partial charge in [0.25, 0.3) is 0 Å². The van der Waals surface area contributed by atoms with Gasteiger partial charge in [-0.15, -0.1) is 0 Å². The number of nitrogens with one attached hydrogen (secondary N) is 1. The molecule has 0 radical (unpaired) electrons. The highest BCUT2D eigenvalue weighted by molar-refractivity contribution is 5.84. The van der Waals surface area contributed by atoms with Crippen LogP contribution >= 0.6 is 0 Å². The van der Waals surface area contributed by atoms with Crippen molar-refractivity contribution in [1.82, 2.24) is 4.98 Å². The van der Waals surface area contributed by atoms with Crippen molar-refractivity contribution < 1.29 is 4.74 Å². The maximum Gasteiger partial charge on any atom is 0.120 e. The lowest BCUT2D eigenvalue weighted by Crippen LogP contribution is -1.93. The van der Waals surface area contributed by atoms with E-state index in [1.807, 2.05) is 24.4 Å². The summed E-state index contributed by atoms with van der Waals surface area (Å²) in [6.45, 7) is 0.562. The van der Waals surface area contributed by atoms with Crippen LogP contribution < -0.4 is 10.5 Å². The summed E-state index contributed by atoms with van der Waals surface area (Å²) in [5.74, 6) is 0.859. The summed E-state index contributed by atoms with van der Waals surface area (Å²) in [4.78, 5) is 3.15. The number of hydrogen-bond donors (Lipinski definition) is 2. The summed E-state index contributed by atoms with van der Waals surface area (Å²) in [6.07, 6.45) is 1.93. The number of hydrogen-bond acceptors (Lipinski definition) is 2. The molecule has 3 N–H and O–H groups in total. The molecule has 0 amide bonds. The van der Waals surface area contributed by atoms with Crippen LogP contribution in [-0.4, -0.2) is 12.1 Å². The van der Waals surface area contributed by atoms with Gasteiger partial charge in [-0.1, -0.05) is 0 Å². The zero-order chi connectivity index (χ0) is 9.26. The minimum Gasteiger partial charge on any atom is -0.497 e. The Hall–Kier alpha value is -1.48. The van der Waals surface area contributed by atoms with E-state index in [0.717, 1.165) is 16.8 Å². The number of H-pyrrole nitrogens is 1. The lowest BCUT2D eigenvalue weighted by molar-refractivity contribution is 0.415. The van der Waals surface area contributed by atoms with Gasteiger partial charge in [-0.25, -0.2) is 0 Å². The van der Waals surface area contributed by atoms with Crippen molar-refractivity contribution in [3.05, 3.63) is 30.0 Å². The smallest absolute Gasteiger partial charge is 0.120 e. The molecular weight excluding hydrogens is 164 g/mol. The van der Waals surface area contributed by atoms with Crippen LogP contribution in [0.1, 0.15) is 5.56 Å². The maximum atomic E-state index is 5.58. The number of aromatic nitrogens is 1. The van der Waals surface area contributed by atoms with Crippen LogP contribution in [0.4, 0.5) is 0 Å². The van der Waals surface area contributed by atoms with Gasteiger partial charge < -0.3 is 15.5 Å². The number of ether oxygens (including phenoxy) is 1. The Kier molecular flexibility index (Phi) is 1.94. The Balaban J connectivity index is 2.61. The zero-order valence-corrected chi connectivity index (χ0v) is 7.50. The fourth-order valence-corrected chi connectivity index (χ4v) is 1.46. The maximum absolute atomic E-state index is 5.58. The fraction of sp³-hybridized carbons (Fsp3) is 0.200.